The Bertz CT molecular complexity index is 731. The van der Waals surface area contributed by atoms with Crippen LogP contribution in [-0.2, 0) is 20.7 Å². The van der Waals surface area contributed by atoms with Crippen LogP contribution in [0.2, 0.25) is 0 Å². The molecule has 0 radical (unpaired) electrons. The minimum Gasteiger partial charge on any atom is -0.497 e. The van der Waals surface area contributed by atoms with Crippen molar-refractivity contribution in [3.63, 3.8) is 0 Å². The highest BCUT2D eigenvalue weighted by atomic mass is 16.6. The van der Waals surface area contributed by atoms with Gasteiger partial charge in [-0.25, -0.2) is 9.59 Å². The molecular formula is C20H26N2O6. The molecule has 0 bridgehead atoms. The minimum atomic E-state index is -1.21. The lowest BCUT2D eigenvalue weighted by Gasteiger charge is -2.23. The van der Waals surface area contributed by atoms with Crippen LogP contribution in [0, 0.1) is 12.3 Å². The number of hydrogen-bond acceptors (Lipinski definition) is 5. The van der Waals surface area contributed by atoms with E-state index in [4.69, 9.17) is 15.9 Å². The molecule has 2 amide bonds. The molecule has 0 aliphatic carbocycles. The van der Waals surface area contributed by atoms with Crippen LogP contribution < -0.4 is 15.4 Å². The van der Waals surface area contributed by atoms with Gasteiger partial charge in [0.15, 0.2) is 0 Å². The number of hydrogen-bond donors (Lipinski definition) is 3. The molecule has 0 aromatic heterocycles. The Morgan fingerprint density at radius 1 is 1.14 bits per heavy atom. The molecule has 0 saturated heterocycles. The summed E-state index contributed by atoms with van der Waals surface area (Å²) in [6, 6.07) is 4.50. The number of amides is 2. The Kier molecular flexibility index (Phi) is 8.32. The van der Waals surface area contributed by atoms with E-state index >= 15 is 0 Å². The average Bonchev–Trinajstić information content (AvgIpc) is 2.59. The summed E-state index contributed by atoms with van der Waals surface area (Å²) in [4.78, 5) is 35.9. The van der Waals surface area contributed by atoms with Crippen LogP contribution in [0.5, 0.6) is 5.75 Å². The molecule has 0 fully saturated rings. The summed E-state index contributed by atoms with van der Waals surface area (Å²) in [7, 11) is 1.53. The van der Waals surface area contributed by atoms with Gasteiger partial charge in [-0.05, 0) is 38.5 Å². The zero-order chi connectivity index (χ0) is 21.3. The Balaban J connectivity index is 2.81. The lowest BCUT2D eigenvalue weighted by atomic mass is 10.0. The van der Waals surface area contributed by atoms with Gasteiger partial charge in [0, 0.05) is 12.8 Å². The van der Waals surface area contributed by atoms with Gasteiger partial charge < -0.3 is 25.2 Å². The van der Waals surface area contributed by atoms with E-state index in [2.05, 4.69) is 16.6 Å². The summed E-state index contributed by atoms with van der Waals surface area (Å²) in [6.45, 7) is 5.04. The second-order valence-electron chi connectivity index (χ2n) is 7.06. The van der Waals surface area contributed by atoms with Gasteiger partial charge >= 0.3 is 12.1 Å². The fourth-order valence-corrected chi connectivity index (χ4v) is 2.25. The number of carboxylic acid groups (broad SMARTS) is 1. The summed E-state index contributed by atoms with van der Waals surface area (Å²) in [6.07, 6.45) is 4.39. The molecule has 1 rings (SSSR count). The lowest BCUT2D eigenvalue weighted by molar-refractivity contribution is -0.142. The zero-order valence-corrected chi connectivity index (χ0v) is 16.4. The van der Waals surface area contributed by atoms with Gasteiger partial charge in [0.2, 0.25) is 5.91 Å². The maximum absolute atomic E-state index is 12.5. The monoisotopic (exact) mass is 390 g/mol. The molecule has 0 spiro atoms. The Morgan fingerprint density at radius 3 is 2.21 bits per heavy atom. The Hall–Kier alpha value is -3.21. The highest BCUT2D eigenvalue weighted by molar-refractivity contribution is 5.89. The van der Waals surface area contributed by atoms with Crippen LogP contribution >= 0.6 is 0 Å². The molecule has 28 heavy (non-hydrogen) atoms. The van der Waals surface area contributed by atoms with E-state index in [9.17, 15) is 19.5 Å². The molecule has 8 nitrogen and oxygen atoms in total. The van der Waals surface area contributed by atoms with E-state index in [1.54, 1.807) is 45.0 Å². The standard InChI is InChI=1S/C20H26N2O6/c1-6-7-15(22-19(26)28-20(2,3)4)17(23)21-16(18(24)25)12-13-8-10-14(27-5)11-9-13/h1,8-11,15-16H,7,12H2,2-5H3,(H,21,23)(H,22,26)(H,24,25). The fraction of sp³-hybridized carbons (Fsp3) is 0.450. The van der Waals surface area contributed by atoms with Gasteiger partial charge in [-0.1, -0.05) is 12.1 Å². The number of aliphatic carboxylic acids is 1. The predicted molar refractivity (Wildman–Crippen MR) is 103 cm³/mol. The van der Waals surface area contributed by atoms with Crippen molar-refractivity contribution in [2.45, 2.75) is 51.3 Å². The number of carbonyl (C=O) groups excluding carboxylic acids is 2. The number of rotatable bonds is 8. The van der Waals surface area contributed by atoms with Gasteiger partial charge in [-0.3, -0.25) is 4.79 Å². The van der Waals surface area contributed by atoms with Crippen LogP contribution in [0.1, 0.15) is 32.8 Å². The van der Waals surface area contributed by atoms with Crippen molar-refractivity contribution in [3.05, 3.63) is 29.8 Å². The summed E-state index contributed by atoms with van der Waals surface area (Å²) < 4.78 is 10.2. The third kappa shape index (κ3) is 7.99. The van der Waals surface area contributed by atoms with E-state index in [1.807, 2.05) is 0 Å². The molecule has 1 aromatic rings. The molecule has 0 aliphatic rings. The van der Waals surface area contributed by atoms with Gasteiger partial charge in [-0.2, -0.15) is 0 Å². The quantitative estimate of drug-likeness (QED) is 0.583. The number of terminal acetylenes is 1. The van der Waals surface area contributed by atoms with E-state index < -0.39 is 35.7 Å². The highest BCUT2D eigenvalue weighted by Gasteiger charge is 2.28. The maximum Gasteiger partial charge on any atom is 0.408 e. The van der Waals surface area contributed by atoms with Gasteiger partial charge in [0.1, 0.15) is 23.4 Å². The lowest BCUT2D eigenvalue weighted by Crippen LogP contribution is -2.52. The smallest absolute Gasteiger partial charge is 0.408 e. The number of alkyl carbamates (subject to hydrolysis) is 1. The van der Waals surface area contributed by atoms with Crippen LogP contribution in [0.4, 0.5) is 4.79 Å². The van der Waals surface area contributed by atoms with Crippen LogP contribution in [0.15, 0.2) is 24.3 Å². The first kappa shape index (κ1) is 22.8. The van der Waals surface area contributed by atoms with Crippen molar-refractivity contribution >= 4 is 18.0 Å². The van der Waals surface area contributed by atoms with Crippen molar-refractivity contribution in [1.29, 1.82) is 0 Å². The predicted octanol–water partition coefficient (Wildman–Crippen LogP) is 1.72. The number of benzene rings is 1. The molecule has 0 heterocycles. The molecule has 2 atom stereocenters. The van der Waals surface area contributed by atoms with Crippen LogP contribution in [0.3, 0.4) is 0 Å². The van der Waals surface area contributed by atoms with E-state index in [0.29, 0.717) is 11.3 Å². The van der Waals surface area contributed by atoms with Crippen LogP contribution in [-0.4, -0.2) is 47.9 Å². The van der Waals surface area contributed by atoms with Crippen molar-refractivity contribution in [2.24, 2.45) is 0 Å². The maximum atomic E-state index is 12.5. The number of methoxy groups -OCH3 is 1. The van der Waals surface area contributed by atoms with Gasteiger partial charge in [0.25, 0.3) is 0 Å². The molecule has 1 aromatic carbocycles. The minimum absolute atomic E-state index is 0.0558. The van der Waals surface area contributed by atoms with Gasteiger partial charge in [-0.15, -0.1) is 12.3 Å². The fourth-order valence-electron chi connectivity index (χ4n) is 2.25. The van der Waals surface area contributed by atoms with Crippen molar-refractivity contribution in [3.8, 4) is 18.1 Å². The highest BCUT2D eigenvalue weighted by Crippen LogP contribution is 2.13. The molecule has 0 aliphatic heterocycles. The third-order valence-corrected chi connectivity index (χ3v) is 3.54. The normalized spacial score (nSPS) is 12.8. The molecular weight excluding hydrogens is 364 g/mol. The van der Waals surface area contributed by atoms with Crippen molar-refractivity contribution < 1.29 is 29.0 Å². The number of ether oxygens (including phenoxy) is 2. The molecule has 0 saturated carbocycles. The Morgan fingerprint density at radius 2 is 1.75 bits per heavy atom. The van der Waals surface area contributed by atoms with Gasteiger partial charge in [0.05, 0.1) is 7.11 Å². The Labute approximate surface area is 164 Å². The third-order valence-electron chi connectivity index (χ3n) is 3.54. The first-order valence-corrected chi connectivity index (χ1v) is 8.64. The van der Waals surface area contributed by atoms with E-state index in [-0.39, 0.29) is 12.8 Å². The summed E-state index contributed by atoms with van der Waals surface area (Å²) >= 11 is 0. The van der Waals surface area contributed by atoms with Crippen molar-refractivity contribution in [1.82, 2.24) is 10.6 Å². The molecule has 3 N–H and O–H groups in total. The molecule has 2 unspecified atom stereocenters. The van der Waals surface area contributed by atoms with E-state index in [0.717, 1.165) is 0 Å². The molecule has 152 valence electrons. The van der Waals surface area contributed by atoms with Crippen LogP contribution in [0.25, 0.3) is 0 Å². The topological polar surface area (TPSA) is 114 Å². The largest absolute Gasteiger partial charge is 0.497 e. The second kappa shape index (κ2) is 10.2. The summed E-state index contributed by atoms with van der Waals surface area (Å²) in [5.74, 6) is 1.01. The van der Waals surface area contributed by atoms with E-state index in [1.165, 1.54) is 7.11 Å². The first-order chi connectivity index (χ1) is 13.1. The zero-order valence-electron chi connectivity index (χ0n) is 16.4. The number of carbonyl (C=O) groups is 3. The first-order valence-electron chi connectivity index (χ1n) is 8.64. The number of nitrogens with one attached hydrogen (secondary N) is 2. The van der Waals surface area contributed by atoms with Crippen molar-refractivity contribution in [2.75, 3.05) is 7.11 Å². The SMILES string of the molecule is C#CCC(NC(=O)OC(C)(C)C)C(=O)NC(Cc1ccc(OC)cc1)C(=O)O. The molecule has 8 heteroatoms. The number of carboxylic acids is 1. The second-order valence-corrected chi connectivity index (χ2v) is 7.06. The average molecular weight is 390 g/mol. The summed E-state index contributed by atoms with van der Waals surface area (Å²) in [5.41, 5.74) is -0.0544. The summed E-state index contributed by atoms with van der Waals surface area (Å²) in [5, 5.41) is 14.2.